The summed E-state index contributed by atoms with van der Waals surface area (Å²) in [5.41, 5.74) is 9.49. The number of aromatic nitrogens is 3. The van der Waals surface area contributed by atoms with E-state index in [1.54, 1.807) is 6.20 Å². The average molecular weight is 214 g/mol. The van der Waals surface area contributed by atoms with Crippen LogP contribution in [0.2, 0.25) is 0 Å². The summed E-state index contributed by atoms with van der Waals surface area (Å²) in [5.74, 6) is 1.12. The van der Waals surface area contributed by atoms with E-state index in [4.69, 9.17) is 5.73 Å². The largest absolute Gasteiger partial charge is 0.383 e. The van der Waals surface area contributed by atoms with E-state index in [-0.39, 0.29) is 0 Å². The molecule has 2 heterocycles. The fourth-order valence-corrected chi connectivity index (χ4v) is 1.48. The molecule has 0 aliphatic heterocycles. The van der Waals surface area contributed by atoms with Crippen LogP contribution >= 0.6 is 0 Å². The van der Waals surface area contributed by atoms with Gasteiger partial charge < -0.3 is 5.73 Å². The van der Waals surface area contributed by atoms with Crippen LogP contribution in [0.15, 0.2) is 18.3 Å². The van der Waals surface area contributed by atoms with Gasteiger partial charge in [0, 0.05) is 17.5 Å². The molecule has 82 valence electrons. The Bertz CT molecular complexity index is 511. The molecule has 0 atom stereocenters. The first-order chi connectivity index (χ1) is 7.59. The van der Waals surface area contributed by atoms with Crippen molar-refractivity contribution in [3.8, 4) is 11.5 Å². The van der Waals surface area contributed by atoms with Crippen LogP contribution in [-0.4, -0.2) is 15.0 Å². The predicted molar refractivity (Wildman–Crippen MR) is 63.9 cm³/mol. The lowest BCUT2D eigenvalue weighted by Crippen LogP contribution is -2.03. The van der Waals surface area contributed by atoms with Crippen molar-refractivity contribution in [2.75, 3.05) is 5.73 Å². The Hall–Kier alpha value is -1.97. The Balaban J connectivity index is 2.62. The number of nitrogen functional groups attached to an aromatic ring is 1. The van der Waals surface area contributed by atoms with Gasteiger partial charge in [-0.15, -0.1) is 0 Å². The SMILES string of the molecule is Cc1cccnc1-c1nc(C)c(C)c(N)n1. The van der Waals surface area contributed by atoms with Crippen molar-refractivity contribution < 1.29 is 0 Å². The van der Waals surface area contributed by atoms with Gasteiger partial charge in [-0.3, -0.25) is 4.98 Å². The summed E-state index contributed by atoms with van der Waals surface area (Å²) in [4.78, 5) is 13.0. The van der Waals surface area contributed by atoms with Gasteiger partial charge in [-0.25, -0.2) is 9.97 Å². The summed E-state index contributed by atoms with van der Waals surface area (Å²) in [6.07, 6.45) is 1.73. The molecule has 0 saturated heterocycles. The van der Waals surface area contributed by atoms with Crippen molar-refractivity contribution in [1.82, 2.24) is 15.0 Å². The normalized spacial score (nSPS) is 10.4. The molecule has 0 radical (unpaired) electrons. The molecule has 4 heteroatoms. The Labute approximate surface area is 94.6 Å². The van der Waals surface area contributed by atoms with E-state index in [0.717, 1.165) is 22.5 Å². The Morgan fingerprint density at radius 2 is 1.88 bits per heavy atom. The monoisotopic (exact) mass is 214 g/mol. The van der Waals surface area contributed by atoms with Gasteiger partial charge >= 0.3 is 0 Å². The molecule has 0 unspecified atom stereocenters. The molecule has 0 saturated carbocycles. The Morgan fingerprint density at radius 1 is 1.12 bits per heavy atom. The topological polar surface area (TPSA) is 64.7 Å². The maximum Gasteiger partial charge on any atom is 0.180 e. The van der Waals surface area contributed by atoms with Crippen LogP contribution in [-0.2, 0) is 0 Å². The lowest BCUT2D eigenvalue weighted by atomic mass is 10.2. The maximum atomic E-state index is 5.83. The lowest BCUT2D eigenvalue weighted by Gasteiger charge is -2.07. The van der Waals surface area contributed by atoms with Gasteiger partial charge in [-0.1, -0.05) is 6.07 Å². The highest BCUT2D eigenvalue weighted by atomic mass is 15.0. The van der Waals surface area contributed by atoms with Crippen molar-refractivity contribution in [2.24, 2.45) is 0 Å². The van der Waals surface area contributed by atoms with Crippen LogP contribution in [0.5, 0.6) is 0 Å². The van der Waals surface area contributed by atoms with Crippen LogP contribution in [0, 0.1) is 20.8 Å². The first-order valence-electron chi connectivity index (χ1n) is 5.12. The third kappa shape index (κ3) is 1.74. The fourth-order valence-electron chi connectivity index (χ4n) is 1.48. The fraction of sp³-hybridized carbons (Fsp3) is 0.250. The molecule has 0 amide bonds. The maximum absolute atomic E-state index is 5.83. The third-order valence-electron chi connectivity index (χ3n) is 2.65. The van der Waals surface area contributed by atoms with Crippen molar-refractivity contribution in [3.63, 3.8) is 0 Å². The summed E-state index contributed by atoms with van der Waals surface area (Å²) < 4.78 is 0. The molecule has 16 heavy (non-hydrogen) atoms. The molecule has 2 aromatic rings. The molecule has 2 rings (SSSR count). The Morgan fingerprint density at radius 3 is 2.50 bits per heavy atom. The Kier molecular flexibility index (Phi) is 2.56. The second-order valence-corrected chi connectivity index (χ2v) is 3.81. The minimum absolute atomic E-state index is 0.521. The molecule has 2 aromatic heterocycles. The van der Waals surface area contributed by atoms with E-state index in [1.165, 1.54) is 0 Å². The number of nitrogens with two attached hydrogens (primary N) is 1. The highest BCUT2D eigenvalue weighted by Gasteiger charge is 2.09. The molecule has 0 bridgehead atoms. The zero-order chi connectivity index (χ0) is 11.7. The van der Waals surface area contributed by atoms with Crippen molar-refractivity contribution in [3.05, 3.63) is 35.2 Å². The van der Waals surface area contributed by atoms with Crippen molar-refractivity contribution in [2.45, 2.75) is 20.8 Å². The average Bonchev–Trinajstić information content (AvgIpc) is 2.26. The van der Waals surface area contributed by atoms with Gasteiger partial charge in [-0.2, -0.15) is 0 Å². The summed E-state index contributed by atoms with van der Waals surface area (Å²) >= 11 is 0. The zero-order valence-electron chi connectivity index (χ0n) is 9.65. The molecule has 0 spiro atoms. The number of pyridine rings is 1. The number of rotatable bonds is 1. The molecule has 0 aliphatic carbocycles. The van der Waals surface area contributed by atoms with Crippen LogP contribution in [0.1, 0.15) is 16.8 Å². The highest BCUT2D eigenvalue weighted by Crippen LogP contribution is 2.20. The van der Waals surface area contributed by atoms with E-state index in [2.05, 4.69) is 15.0 Å². The van der Waals surface area contributed by atoms with Gasteiger partial charge in [0.2, 0.25) is 0 Å². The second kappa shape index (κ2) is 3.89. The van der Waals surface area contributed by atoms with Gasteiger partial charge in [0.05, 0.1) is 0 Å². The number of nitrogens with zero attached hydrogens (tertiary/aromatic N) is 3. The standard InChI is InChI=1S/C12H14N4/c1-7-5-4-6-14-10(7)12-15-9(3)8(2)11(13)16-12/h4-6H,1-3H3,(H2,13,15,16). The summed E-state index contributed by atoms with van der Waals surface area (Å²) in [5, 5.41) is 0. The zero-order valence-corrected chi connectivity index (χ0v) is 9.65. The number of aryl methyl sites for hydroxylation is 2. The third-order valence-corrected chi connectivity index (χ3v) is 2.65. The summed E-state index contributed by atoms with van der Waals surface area (Å²) in [6, 6.07) is 3.88. The molecule has 2 N–H and O–H groups in total. The molecular formula is C12H14N4. The van der Waals surface area contributed by atoms with Gasteiger partial charge in [-0.05, 0) is 32.4 Å². The molecular weight excluding hydrogens is 200 g/mol. The van der Waals surface area contributed by atoms with Gasteiger partial charge in [0.25, 0.3) is 0 Å². The summed E-state index contributed by atoms with van der Waals surface area (Å²) in [6.45, 7) is 5.83. The minimum atomic E-state index is 0.521. The smallest absolute Gasteiger partial charge is 0.180 e. The first kappa shape index (κ1) is 10.5. The lowest BCUT2D eigenvalue weighted by molar-refractivity contribution is 1.06. The molecule has 0 fully saturated rings. The molecule has 4 nitrogen and oxygen atoms in total. The number of hydrogen-bond donors (Lipinski definition) is 1. The first-order valence-corrected chi connectivity index (χ1v) is 5.12. The molecule has 0 aromatic carbocycles. The predicted octanol–water partition coefficient (Wildman–Crippen LogP) is 2.05. The van der Waals surface area contributed by atoms with Crippen LogP contribution in [0.3, 0.4) is 0 Å². The minimum Gasteiger partial charge on any atom is -0.383 e. The van der Waals surface area contributed by atoms with Crippen molar-refractivity contribution >= 4 is 5.82 Å². The van der Waals surface area contributed by atoms with E-state index in [1.807, 2.05) is 32.9 Å². The van der Waals surface area contributed by atoms with E-state index in [9.17, 15) is 0 Å². The number of hydrogen-bond acceptors (Lipinski definition) is 4. The van der Waals surface area contributed by atoms with E-state index >= 15 is 0 Å². The number of anilines is 1. The van der Waals surface area contributed by atoms with E-state index < -0.39 is 0 Å². The highest BCUT2D eigenvalue weighted by molar-refractivity contribution is 5.57. The van der Waals surface area contributed by atoms with Gasteiger partial charge in [0.1, 0.15) is 11.5 Å². The van der Waals surface area contributed by atoms with Crippen LogP contribution < -0.4 is 5.73 Å². The van der Waals surface area contributed by atoms with Crippen molar-refractivity contribution in [1.29, 1.82) is 0 Å². The van der Waals surface area contributed by atoms with Gasteiger partial charge in [0.15, 0.2) is 5.82 Å². The van der Waals surface area contributed by atoms with Crippen LogP contribution in [0.25, 0.3) is 11.5 Å². The second-order valence-electron chi connectivity index (χ2n) is 3.81. The quantitative estimate of drug-likeness (QED) is 0.789. The van der Waals surface area contributed by atoms with E-state index in [0.29, 0.717) is 11.6 Å². The summed E-state index contributed by atoms with van der Waals surface area (Å²) in [7, 11) is 0. The van der Waals surface area contributed by atoms with Crippen LogP contribution in [0.4, 0.5) is 5.82 Å². The molecule has 0 aliphatic rings.